The molecule has 170 valence electrons. The summed E-state index contributed by atoms with van der Waals surface area (Å²) in [5.74, 6) is 4.23. The summed E-state index contributed by atoms with van der Waals surface area (Å²) in [6.07, 6.45) is 9.15. The van der Waals surface area contributed by atoms with Crippen LogP contribution in [0.5, 0.6) is 17.2 Å². The third-order valence-electron chi connectivity index (χ3n) is 5.55. The zero-order valence-electron chi connectivity index (χ0n) is 18.8. The van der Waals surface area contributed by atoms with Crippen molar-refractivity contribution < 1.29 is 23.7 Å². The number of aryl methyl sites for hydroxylation is 1. The Hall–Kier alpha value is -3.17. The molecule has 0 radical (unpaired) electrons. The molecule has 2 aromatic rings. The van der Waals surface area contributed by atoms with Gasteiger partial charge in [0, 0.05) is 0 Å². The maximum atomic E-state index is 12.8. The molecule has 6 heteroatoms. The van der Waals surface area contributed by atoms with Crippen molar-refractivity contribution in [2.75, 3.05) is 27.4 Å². The molecule has 1 heterocycles. The first-order chi connectivity index (χ1) is 15.6. The number of nitrogens with one attached hydrogen (secondary N) is 1. The summed E-state index contributed by atoms with van der Waals surface area (Å²) in [6, 6.07) is 13.2. The van der Waals surface area contributed by atoms with Crippen molar-refractivity contribution in [1.29, 1.82) is 0 Å². The van der Waals surface area contributed by atoms with Crippen LogP contribution in [-0.2, 0) is 16.0 Å². The summed E-state index contributed by atoms with van der Waals surface area (Å²) in [6.45, 7) is 1.01. The molecule has 1 N–H and O–H groups in total. The quantitative estimate of drug-likeness (QED) is 0.446. The van der Waals surface area contributed by atoms with E-state index < -0.39 is 6.10 Å². The predicted molar refractivity (Wildman–Crippen MR) is 123 cm³/mol. The number of benzene rings is 2. The molecule has 2 atom stereocenters. The summed E-state index contributed by atoms with van der Waals surface area (Å²) in [4.78, 5) is 12.8. The van der Waals surface area contributed by atoms with Gasteiger partial charge in [-0.05, 0) is 67.6 Å². The van der Waals surface area contributed by atoms with Crippen molar-refractivity contribution in [3.8, 4) is 29.6 Å². The monoisotopic (exact) mass is 437 g/mol. The van der Waals surface area contributed by atoms with Crippen molar-refractivity contribution in [3.63, 3.8) is 0 Å². The number of carbonyl (C=O) groups is 1. The van der Waals surface area contributed by atoms with Crippen molar-refractivity contribution in [2.45, 2.75) is 44.2 Å². The molecule has 1 aliphatic rings. The van der Waals surface area contributed by atoms with Gasteiger partial charge in [-0.2, -0.15) is 0 Å². The Morgan fingerprint density at radius 3 is 2.75 bits per heavy atom. The van der Waals surface area contributed by atoms with Gasteiger partial charge in [-0.25, -0.2) is 0 Å². The fourth-order valence-electron chi connectivity index (χ4n) is 3.82. The average Bonchev–Trinajstić information content (AvgIpc) is 2.85. The number of esters is 1. The molecule has 0 amide bonds. The van der Waals surface area contributed by atoms with Crippen LogP contribution in [0.15, 0.2) is 42.5 Å². The van der Waals surface area contributed by atoms with Crippen molar-refractivity contribution in [3.05, 3.63) is 53.6 Å². The Balaban J connectivity index is 1.76. The molecule has 32 heavy (non-hydrogen) atoms. The molecule has 6 nitrogen and oxygen atoms in total. The molecule has 1 fully saturated rings. The van der Waals surface area contributed by atoms with Gasteiger partial charge in [0.1, 0.15) is 24.5 Å². The van der Waals surface area contributed by atoms with E-state index in [4.69, 9.17) is 25.4 Å². The minimum atomic E-state index is -0.390. The third kappa shape index (κ3) is 6.41. The molecule has 0 aliphatic carbocycles. The van der Waals surface area contributed by atoms with Crippen molar-refractivity contribution in [1.82, 2.24) is 5.32 Å². The third-order valence-corrected chi connectivity index (χ3v) is 5.55. The summed E-state index contributed by atoms with van der Waals surface area (Å²) in [7, 11) is 3.22. The van der Waals surface area contributed by atoms with Crippen LogP contribution in [0.25, 0.3) is 0 Å². The van der Waals surface area contributed by atoms with Gasteiger partial charge in [-0.1, -0.05) is 30.5 Å². The van der Waals surface area contributed by atoms with Crippen LogP contribution >= 0.6 is 0 Å². The Labute approximate surface area is 190 Å². The Kier molecular flexibility index (Phi) is 8.82. The summed E-state index contributed by atoms with van der Waals surface area (Å²) in [5.41, 5.74) is 1.95. The molecule has 1 aliphatic heterocycles. The van der Waals surface area contributed by atoms with Crippen molar-refractivity contribution in [2.24, 2.45) is 0 Å². The number of carbonyl (C=O) groups excluding carboxylic acids is 1. The topological polar surface area (TPSA) is 66.0 Å². The first kappa shape index (κ1) is 23.5. The SMILES string of the molecule is C#CCOc1cc(CCC(OC(=O)C2CCCCN2)c2cccc(OC)c2)ccc1OC. The van der Waals surface area contributed by atoms with Crippen LogP contribution in [0.1, 0.15) is 42.9 Å². The standard InChI is InChI=1S/C26H31NO5/c1-4-16-31-25-17-19(12-14-24(25)30-3)11-13-23(20-8-7-9-21(18-20)29-2)32-26(28)22-10-5-6-15-27-22/h1,7-9,12,14,17-18,22-23,27H,5-6,10-11,13,15-16H2,2-3H3. The second-order valence-electron chi connectivity index (χ2n) is 7.72. The van der Waals surface area contributed by atoms with E-state index in [-0.39, 0.29) is 18.6 Å². The van der Waals surface area contributed by atoms with Gasteiger partial charge in [0.15, 0.2) is 11.5 Å². The lowest BCUT2D eigenvalue weighted by Crippen LogP contribution is -2.41. The van der Waals surface area contributed by atoms with E-state index in [0.29, 0.717) is 24.3 Å². The van der Waals surface area contributed by atoms with E-state index in [0.717, 1.165) is 42.7 Å². The van der Waals surface area contributed by atoms with Gasteiger partial charge in [-0.3, -0.25) is 4.79 Å². The highest BCUT2D eigenvalue weighted by Gasteiger charge is 2.26. The zero-order valence-corrected chi connectivity index (χ0v) is 18.8. The maximum absolute atomic E-state index is 12.8. The minimum absolute atomic E-state index is 0.165. The summed E-state index contributed by atoms with van der Waals surface area (Å²) in [5, 5.41) is 3.27. The number of ether oxygens (including phenoxy) is 4. The van der Waals surface area contributed by atoms with Gasteiger partial charge in [0.25, 0.3) is 0 Å². The van der Waals surface area contributed by atoms with Crippen LogP contribution < -0.4 is 19.5 Å². The van der Waals surface area contributed by atoms with Crippen LogP contribution in [0.3, 0.4) is 0 Å². The molecule has 2 aromatic carbocycles. The maximum Gasteiger partial charge on any atom is 0.323 e. The number of hydrogen-bond acceptors (Lipinski definition) is 6. The number of piperidine rings is 1. The van der Waals surface area contributed by atoms with E-state index >= 15 is 0 Å². The number of terminal acetylenes is 1. The normalized spacial score (nSPS) is 16.5. The molecule has 0 aromatic heterocycles. The molecular formula is C26H31NO5. The number of methoxy groups -OCH3 is 2. The molecular weight excluding hydrogens is 406 g/mol. The van der Waals surface area contributed by atoms with E-state index in [1.165, 1.54) is 0 Å². The van der Waals surface area contributed by atoms with Crippen LogP contribution in [0.2, 0.25) is 0 Å². The fourth-order valence-corrected chi connectivity index (χ4v) is 3.82. The van der Waals surface area contributed by atoms with Crippen LogP contribution in [0.4, 0.5) is 0 Å². The number of rotatable bonds is 10. The van der Waals surface area contributed by atoms with Gasteiger partial charge in [-0.15, -0.1) is 6.42 Å². The molecule has 0 spiro atoms. The largest absolute Gasteiger partial charge is 0.497 e. The predicted octanol–water partition coefficient (Wildman–Crippen LogP) is 4.08. The highest BCUT2D eigenvalue weighted by Crippen LogP contribution is 2.31. The van der Waals surface area contributed by atoms with Crippen LogP contribution in [-0.4, -0.2) is 39.4 Å². The summed E-state index contributed by atoms with van der Waals surface area (Å²) < 4.78 is 22.3. The van der Waals surface area contributed by atoms with Gasteiger partial charge >= 0.3 is 5.97 Å². The molecule has 2 unspecified atom stereocenters. The van der Waals surface area contributed by atoms with Gasteiger partial charge < -0.3 is 24.3 Å². The Morgan fingerprint density at radius 2 is 2.03 bits per heavy atom. The lowest BCUT2D eigenvalue weighted by molar-refractivity contribution is -0.153. The van der Waals surface area contributed by atoms with Gasteiger partial charge in [0.2, 0.25) is 0 Å². The second kappa shape index (κ2) is 12.0. The van der Waals surface area contributed by atoms with E-state index in [1.807, 2.05) is 42.5 Å². The first-order valence-corrected chi connectivity index (χ1v) is 11.0. The fraction of sp³-hybridized carbons (Fsp3) is 0.423. The van der Waals surface area contributed by atoms with Gasteiger partial charge in [0.05, 0.1) is 14.2 Å². The van der Waals surface area contributed by atoms with Crippen molar-refractivity contribution >= 4 is 5.97 Å². The first-order valence-electron chi connectivity index (χ1n) is 11.0. The lowest BCUT2D eigenvalue weighted by Gasteiger charge is -2.25. The van der Waals surface area contributed by atoms with E-state index in [9.17, 15) is 4.79 Å². The second-order valence-corrected chi connectivity index (χ2v) is 7.72. The average molecular weight is 438 g/mol. The molecule has 1 saturated heterocycles. The van der Waals surface area contributed by atoms with Crippen LogP contribution in [0, 0.1) is 12.3 Å². The smallest absolute Gasteiger partial charge is 0.323 e. The van der Waals surface area contributed by atoms with E-state index in [1.54, 1.807) is 14.2 Å². The van der Waals surface area contributed by atoms with E-state index in [2.05, 4.69) is 11.2 Å². The molecule has 0 bridgehead atoms. The number of hydrogen-bond donors (Lipinski definition) is 1. The highest BCUT2D eigenvalue weighted by molar-refractivity contribution is 5.76. The summed E-state index contributed by atoms with van der Waals surface area (Å²) >= 11 is 0. The Bertz CT molecular complexity index is 930. The zero-order chi connectivity index (χ0) is 22.8. The molecule has 0 saturated carbocycles. The Morgan fingerprint density at radius 1 is 1.16 bits per heavy atom. The minimum Gasteiger partial charge on any atom is -0.497 e. The lowest BCUT2D eigenvalue weighted by atomic mass is 10.00. The molecule has 3 rings (SSSR count). The highest BCUT2D eigenvalue weighted by atomic mass is 16.5.